The first kappa shape index (κ1) is 23.4. The second kappa shape index (κ2) is 8.93. The monoisotopic (exact) mass is 524 g/mol. The maximum atomic E-state index is 12.9. The second-order valence-electron chi connectivity index (χ2n) is 10.4. The molecule has 2 aromatic heterocycles. The van der Waals surface area contributed by atoms with Crippen LogP contribution in [0, 0.1) is 12.3 Å². The van der Waals surface area contributed by atoms with E-state index in [-0.39, 0.29) is 24.0 Å². The molecule has 1 aromatic carbocycles. The largest absolute Gasteiger partial charge is 0.348 e. The van der Waals surface area contributed by atoms with Gasteiger partial charge in [-0.2, -0.15) is 15.2 Å². The fourth-order valence-corrected chi connectivity index (χ4v) is 5.93. The summed E-state index contributed by atoms with van der Waals surface area (Å²) in [5.41, 5.74) is 6.86. The van der Waals surface area contributed by atoms with Crippen LogP contribution in [0.25, 0.3) is 5.69 Å². The van der Waals surface area contributed by atoms with E-state index in [1.807, 2.05) is 65.4 Å². The van der Waals surface area contributed by atoms with Crippen molar-refractivity contribution in [2.24, 2.45) is 10.1 Å². The Balaban J connectivity index is 1.11. The van der Waals surface area contributed by atoms with E-state index in [2.05, 4.69) is 43.4 Å². The van der Waals surface area contributed by atoms with E-state index in [0.29, 0.717) is 31.4 Å². The molecule has 4 aliphatic rings. The number of carbonyl (C=O) groups excluding carboxylic acids is 1. The number of benzene rings is 1. The average Bonchev–Trinajstić information content (AvgIpc) is 3.75. The number of hydrogen-bond acceptors (Lipinski definition) is 7. The molecule has 39 heavy (non-hydrogen) atoms. The third kappa shape index (κ3) is 3.82. The van der Waals surface area contributed by atoms with Crippen LogP contribution in [0.1, 0.15) is 41.5 Å². The number of hydrogen-bond donors (Lipinski definition) is 3. The molecule has 7 rings (SSSR count). The van der Waals surface area contributed by atoms with Crippen molar-refractivity contribution < 1.29 is 9.48 Å². The van der Waals surface area contributed by atoms with Crippen molar-refractivity contribution in [2.75, 3.05) is 25.1 Å². The number of aromatic nitrogens is 3. The van der Waals surface area contributed by atoms with Gasteiger partial charge in [0.2, 0.25) is 0 Å². The number of aryl methyl sites for hydroxylation is 1. The number of fused-ring (bicyclic) bond motifs is 2. The van der Waals surface area contributed by atoms with Gasteiger partial charge in [-0.25, -0.2) is 9.69 Å². The molecule has 12 heteroatoms. The smallest absolute Gasteiger partial charge is 0.294 e. The van der Waals surface area contributed by atoms with Gasteiger partial charge in [0.1, 0.15) is 12.0 Å². The first-order valence-corrected chi connectivity index (χ1v) is 13.2. The zero-order valence-corrected chi connectivity index (χ0v) is 21.7. The summed E-state index contributed by atoms with van der Waals surface area (Å²) in [6.45, 7) is 7.48. The maximum Gasteiger partial charge on any atom is 0.294 e. The van der Waals surface area contributed by atoms with Crippen LogP contribution in [0.4, 0.5) is 5.82 Å². The van der Waals surface area contributed by atoms with Crippen LogP contribution in [0.15, 0.2) is 59.0 Å². The maximum absolute atomic E-state index is 12.9. The Morgan fingerprint density at radius 2 is 1.97 bits per heavy atom. The lowest BCUT2D eigenvalue weighted by molar-refractivity contribution is -0.550. The molecule has 0 spiro atoms. The number of nitrogens with one attached hydrogen (secondary N) is 3. The summed E-state index contributed by atoms with van der Waals surface area (Å²) in [5, 5.41) is 23.7. The molecule has 2 unspecified atom stereocenters. The summed E-state index contributed by atoms with van der Waals surface area (Å²) in [5.74, 6) is 1.56. The fourth-order valence-electron chi connectivity index (χ4n) is 5.93. The number of carbonyl (C=O) groups is 1. The Labute approximate surface area is 225 Å². The molecule has 0 aliphatic carbocycles. The Morgan fingerprint density at radius 1 is 1.18 bits per heavy atom. The number of anilines is 1. The first-order valence-electron chi connectivity index (χ1n) is 13.2. The number of piperidine rings is 1. The molecule has 3 N–H and O–H groups in total. The molecule has 1 saturated heterocycles. The summed E-state index contributed by atoms with van der Waals surface area (Å²) in [6, 6.07) is 10.2. The van der Waals surface area contributed by atoms with Gasteiger partial charge in [-0.15, -0.1) is 10.1 Å². The van der Waals surface area contributed by atoms with Gasteiger partial charge in [-0.05, 0) is 37.5 Å². The van der Waals surface area contributed by atoms with Gasteiger partial charge >= 0.3 is 0 Å². The molecular weight excluding hydrogens is 494 g/mol. The third-order valence-corrected chi connectivity index (χ3v) is 7.95. The van der Waals surface area contributed by atoms with Gasteiger partial charge in [0.15, 0.2) is 12.6 Å². The number of nitrogens with zero attached hydrogens (tertiary/aromatic N) is 8. The number of para-hydroxylation sites is 1. The molecular formula is C27H30N11O+. The van der Waals surface area contributed by atoms with E-state index in [4.69, 9.17) is 5.41 Å². The number of amides is 1. The second-order valence-corrected chi connectivity index (χ2v) is 10.4. The van der Waals surface area contributed by atoms with E-state index in [0.717, 1.165) is 41.0 Å². The van der Waals surface area contributed by atoms with Crippen molar-refractivity contribution in [3.8, 4) is 5.69 Å². The van der Waals surface area contributed by atoms with Crippen molar-refractivity contribution in [3.63, 3.8) is 0 Å². The van der Waals surface area contributed by atoms with Crippen LogP contribution >= 0.6 is 0 Å². The van der Waals surface area contributed by atoms with Crippen molar-refractivity contribution in [1.29, 1.82) is 5.41 Å². The summed E-state index contributed by atoms with van der Waals surface area (Å²) in [6.07, 6.45) is 9.37. The molecule has 1 fully saturated rings. The van der Waals surface area contributed by atoms with Crippen LogP contribution < -0.4 is 10.7 Å². The van der Waals surface area contributed by atoms with E-state index in [9.17, 15) is 4.79 Å². The lowest BCUT2D eigenvalue weighted by Gasteiger charge is -2.37. The predicted octanol–water partition coefficient (Wildman–Crippen LogP) is 1.90. The number of aliphatic imine (C=N–C) groups is 1. The molecule has 12 nitrogen and oxygen atoms in total. The zero-order chi connectivity index (χ0) is 26.7. The summed E-state index contributed by atoms with van der Waals surface area (Å²) >= 11 is 0. The standard InChI is InChI=1S/C27H30N11O/c1-17-14-36(19-8-10-35(11-9-19)27(39)24-29-16-34(2)33-24)26-22(17)23(28)38-25(32-26)21(13-31-38)18-12-30-37(15-18)20-6-4-3-5-7-20/h3-7,12-15,19,21,25,28,32H,2,8-11,16H2,1H3,(H,29,33)/q+1. The van der Waals surface area contributed by atoms with Crippen molar-refractivity contribution >= 4 is 36.3 Å². The van der Waals surface area contributed by atoms with Gasteiger partial charge in [0.05, 0.1) is 23.4 Å². The Hall–Kier alpha value is -4.74. The van der Waals surface area contributed by atoms with Crippen LogP contribution in [0.5, 0.6) is 0 Å². The molecule has 0 radical (unpaired) electrons. The van der Waals surface area contributed by atoms with E-state index >= 15 is 0 Å². The van der Waals surface area contributed by atoms with E-state index < -0.39 is 0 Å². The highest BCUT2D eigenvalue weighted by Crippen LogP contribution is 2.40. The highest BCUT2D eigenvalue weighted by molar-refractivity contribution is 6.37. The quantitative estimate of drug-likeness (QED) is 0.450. The van der Waals surface area contributed by atoms with Crippen LogP contribution in [-0.4, -0.2) is 85.4 Å². The Morgan fingerprint density at radius 3 is 2.72 bits per heavy atom. The highest BCUT2D eigenvalue weighted by atomic mass is 16.2. The lowest BCUT2D eigenvalue weighted by atomic mass is 9.98. The Bertz CT molecular complexity index is 1540. The van der Waals surface area contributed by atoms with Crippen LogP contribution in [0.3, 0.4) is 0 Å². The lowest BCUT2D eigenvalue weighted by Crippen LogP contribution is -2.47. The molecule has 0 bridgehead atoms. The topological polar surface area (TPSA) is 122 Å². The number of rotatable bonds is 4. The molecule has 6 heterocycles. The molecule has 0 saturated carbocycles. The van der Waals surface area contributed by atoms with Crippen LogP contribution in [-0.2, 0) is 4.79 Å². The summed E-state index contributed by atoms with van der Waals surface area (Å²) in [7, 11) is 0. The molecule has 1 amide bonds. The van der Waals surface area contributed by atoms with Gasteiger partial charge in [-0.3, -0.25) is 10.2 Å². The van der Waals surface area contributed by atoms with Crippen LogP contribution in [0.2, 0.25) is 0 Å². The van der Waals surface area contributed by atoms with Gasteiger partial charge in [0.25, 0.3) is 18.4 Å². The Kier molecular flexibility index (Phi) is 5.35. The fraction of sp³-hybridized carbons (Fsp3) is 0.333. The third-order valence-electron chi connectivity index (χ3n) is 7.95. The SMILES string of the molecule is C=[N+]1CN=C(C(=O)N2CCC(n3cc(C)c4c3NC3C(c5cnn(-c6ccccc6)c5)C=NN3C4=N)CC2)N1. The minimum atomic E-state index is -0.217. The minimum absolute atomic E-state index is 0.0635. The normalized spacial score (nSPS) is 22.4. The molecule has 4 aliphatic heterocycles. The predicted molar refractivity (Wildman–Crippen MR) is 148 cm³/mol. The molecule has 3 aromatic rings. The number of amidine groups is 2. The molecule has 2 atom stereocenters. The summed E-state index contributed by atoms with van der Waals surface area (Å²) < 4.78 is 5.68. The van der Waals surface area contributed by atoms with Gasteiger partial charge in [-0.1, -0.05) is 18.2 Å². The summed E-state index contributed by atoms with van der Waals surface area (Å²) in [4.78, 5) is 19.0. The highest BCUT2D eigenvalue weighted by Gasteiger charge is 2.42. The zero-order valence-electron chi connectivity index (χ0n) is 21.7. The number of hydrazine groups is 1. The van der Waals surface area contributed by atoms with Crippen molar-refractivity contribution in [2.45, 2.75) is 37.9 Å². The molecule has 198 valence electrons. The number of likely N-dealkylation sites (tertiary alicyclic amines) is 1. The van der Waals surface area contributed by atoms with Gasteiger partial charge in [0, 0.05) is 43.3 Å². The minimum Gasteiger partial charge on any atom is -0.348 e. The van der Waals surface area contributed by atoms with E-state index in [1.165, 1.54) is 0 Å². The first-order chi connectivity index (χ1) is 19.0. The average molecular weight is 525 g/mol. The number of hydrazone groups is 2. The van der Waals surface area contributed by atoms with Gasteiger partial charge < -0.3 is 14.8 Å². The van der Waals surface area contributed by atoms with Crippen molar-refractivity contribution in [1.82, 2.24) is 29.7 Å². The van der Waals surface area contributed by atoms with E-state index in [1.54, 1.807) is 9.69 Å². The van der Waals surface area contributed by atoms with Crippen molar-refractivity contribution in [3.05, 3.63) is 65.6 Å².